The van der Waals surface area contributed by atoms with Gasteiger partial charge in [0.2, 0.25) is 0 Å². The molecular weight excluding hydrogens is 278 g/mol. The van der Waals surface area contributed by atoms with Gasteiger partial charge in [-0.15, -0.1) is 0 Å². The molecular formula is C19H28ClN. The average Bonchev–Trinajstić information content (AvgIpc) is 3.04. The molecule has 0 radical (unpaired) electrons. The van der Waals surface area contributed by atoms with E-state index in [4.69, 9.17) is 11.6 Å². The molecule has 1 nitrogen and oxygen atoms in total. The number of halogens is 1. The van der Waals surface area contributed by atoms with Crippen LogP contribution in [0.2, 0.25) is 5.02 Å². The highest BCUT2D eigenvalue weighted by molar-refractivity contribution is 6.30. The second kappa shape index (κ2) is 6.71. The fraction of sp³-hybridized carbons (Fsp3) is 0.684. The Morgan fingerprint density at radius 1 is 1.24 bits per heavy atom. The van der Waals surface area contributed by atoms with Crippen molar-refractivity contribution in [2.24, 2.45) is 17.8 Å². The molecule has 4 atom stereocenters. The van der Waals surface area contributed by atoms with Crippen LogP contribution in [0.15, 0.2) is 18.2 Å². The summed E-state index contributed by atoms with van der Waals surface area (Å²) >= 11 is 6.28. The topological polar surface area (TPSA) is 12.0 Å². The highest BCUT2D eigenvalue weighted by Gasteiger charge is 2.40. The van der Waals surface area contributed by atoms with E-state index in [1.165, 1.54) is 49.7 Å². The van der Waals surface area contributed by atoms with E-state index in [0.717, 1.165) is 29.3 Å². The van der Waals surface area contributed by atoms with E-state index in [1.807, 2.05) is 0 Å². The Morgan fingerprint density at radius 3 is 2.71 bits per heavy atom. The van der Waals surface area contributed by atoms with Crippen molar-refractivity contribution in [1.29, 1.82) is 0 Å². The molecule has 2 saturated carbocycles. The first-order valence-electron chi connectivity index (χ1n) is 8.66. The van der Waals surface area contributed by atoms with Crippen molar-refractivity contribution in [2.75, 3.05) is 6.54 Å². The van der Waals surface area contributed by atoms with E-state index < -0.39 is 0 Å². The minimum atomic E-state index is 0.478. The first kappa shape index (κ1) is 15.4. The zero-order chi connectivity index (χ0) is 14.8. The molecule has 0 amide bonds. The van der Waals surface area contributed by atoms with E-state index in [2.05, 4.69) is 37.4 Å². The van der Waals surface area contributed by atoms with Crippen LogP contribution < -0.4 is 5.32 Å². The van der Waals surface area contributed by atoms with Crippen LogP contribution in [0.3, 0.4) is 0 Å². The zero-order valence-electron chi connectivity index (χ0n) is 13.4. The minimum absolute atomic E-state index is 0.478. The van der Waals surface area contributed by atoms with Crippen LogP contribution in [-0.2, 0) is 0 Å². The molecule has 2 aliphatic carbocycles. The Labute approximate surface area is 134 Å². The Balaban J connectivity index is 1.73. The maximum atomic E-state index is 6.28. The molecule has 0 aromatic heterocycles. The van der Waals surface area contributed by atoms with Gasteiger partial charge >= 0.3 is 0 Å². The van der Waals surface area contributed by atoms with Gasteiger partial charge in [-0.25, -0.2) is 0 Å². The maximum absolute atomic E-state index is 6.28. The van der Waals surface area contributed by atoms with E-state index in [9.17, 15) is 0 Å². The summed E-state index contributed by atoms with van der Waals surface area (Å²) in [5.41, 5.74) is 2.66. The zero-order valence-corrected chi connectivity index (χ0v) is 14.1. The Morgan fingerprint density at radius 2 is 2.10 bits per heavy atom. The largest absolute Gasteiger partial charge is 0.310 e. The molecule has 4 unspecified atom stereocenters. The SMILES string of the molecule is CCCNC(CC1CC2CCC1C2)c1cc(C)cc(Cl)c1. The van der Waals surface area contributed by atoms with Crippen LogP contribution in [0, 0.1) is 24.7 Å². The highest BCUT2D eigenvalue weighted by atomic mass is 35.5. The molecule has 2 bridgehead atoms. The normalized spacial score (nSPS) is 29.0. The first-order valence-corrected chi connectivity index (χ1v) is 9.04. The van der Waals surface area contributed by atoms with Gasteiger partial charge in [0.1, 0.15) is 0 Å². The molecule has 2 aliphatic rings. The van der Waals surface area contributed by atoms with Crippen LogP contribution in [0.25, 0.3) is 0 Å². The van der Waals surface area contributed by atoms with Gasteiger partial charge in [-0.1, -0.05) is 31.0 Å². The average molecular weight is 306 g/mol. The van der Waals surface area contributed by atoms with Gasteiger partial charge in [0.25, 0.3) is 0 Å². The molecule has 1 aromatic carbocycles. The molecule has 0 saturated heterocycles. The summed E-state index contributed by atoms with van der Waals surface area (Å²) in [6, 6.07) is 7.01. The molecule has 0 spiro atoms. The van der Waals surface area contributed by atoms with Crippen molar-refractivity contribution in [2.45, 2.75) is 58.4 Å². The number of hydrogen-bond donors (Lipinski definition) is 1. The summed E-state index contributed by atoms with van der Waals surface area (Å²) in [6.07, 6.45) is 8.41. The van der Waals surface area contributed by atoms with Crippen LogP contribution in [0.1, 0.15) is 62.6 Å². The Bertz CT molecular complexity index is 464. The standard InChI is InChI=1S/C19H28ClN/c1-3-6-21-19(17-7-13(2)8-18(20)11-17)12-16-10-14-4-5-15(16)9-14/h7-8,11,14-16,19,21H,3-6,9-10,12H2,1-2H3. The van der Waals surface area contributed by atoms with E-state index in [0.29, 0.717) is 6.04 Å². The van der Waals surface area contributed by atoms with Crippen LogP contribution >= 0.6 is 11.6 Å². The summed E-state index contributed by atoms with van der Waals surface area (Å²) in [5.74, 6) is 2.96. The van der Waals surface area contributed by atoms with Crippen molar-refractivity contribution < 1.29 is 0 Å². The minimum Gasteiger partial charge on any atom is -0.310 e. The second-order valence-corrected chi connectivity index (χ2v) is 7.68. The van der Waals surface area contributed by atoms with Gasteiger partial charge in [-0.05, 0) is 86.6 Å². The Hall–Kier alpha value is -0.530. The van der Waals surface area contributed by atoms with Crippen molar-refractivity contribution in [3.8, 4) is 0 Å². The van der Waals surface area contributed by atoms with E-state index >= 15 is 0 Å². The van der Waals surface area contributed by atoms with Gasteiger partial charge in [-0.2, -0.15) is 0 Å². The van der Waals surface area contributed by atoms with Crippen molar-refractivity contribution in [3.63, 3.8) is 0 Å². The third-order valence-corrected chi connectivity index (χ3v) is 5.75. The third-order valence-electron chi connectivity index (χ3n) is 5.53. The number of nitrogens with one attached hydrogen (secondary N) is 1. The molecule has 0 aliphatic heterocycles. The second-order valence-electron chi connectivity index (χ2n) is 7.24. The van der Waals surface area contributed by atoms with Gasteiger partial charge < -0.3 is 5.32 Å². The summed E-state index contributed by atoms with van der Waals surface area (Å²) in [5, 5.41) is 4.64. The molecule has 2 fully saturated rings. The lowest BCUT2D eigenvalue weighted by Gasteiger charge is -2.28. The lowest BCUT2D eigenvalue weighted by molar-refractivity contribution is 0.279. The number of fused-ring (bicyclic) bond motifs is 2. The van der Waals surface area contributed by atoms with Crippen LogP contribution in [-0.4, -0.2) is 6.54 Å². The van der Waals surface area contributed by atoms with Gasteiger partial charge in [0, 0.05) is 11.1 Å². The highest BCUT2D eigenvalue weighted by Crippen LogP contribution is 2.51. The first-order chi connectivity index (χ1) is 10.2. The fourth-order valence-corrected chi connectivity index (χ4v) is 4.89. The van der Waals surface area contributed by atoms with Crippen molar-refractivity contribution in [3.05, 3.63) is 34.3 Å². The van der Waals surface area contributed by atoms with Gasteiger partial charge in [0.05, 0.1) is 0 Å². The van der Waals surface area contributed by atoms with Crippen LogP contribution in [0.5, 0.6) is 0 Å². The quantitative estimate of drug-likeness (QED) is 0.730. The predicted molar refractivity (Wildman–Crippen MR) is 90.8 cm³/mol. The summed E-state index contributed by atoms with van der Waals surface area (Å²) in [7, 11) is 0. The third kappa shape index (κ3) is 3.63. The van der Waals surface area contributed by atoms with Crippen molar-refractivity contribution >= 4 is 11.6 Å². The van der Waals surface area contributed by atoms with Gasteiger partial charge in [0.15, 0.2) is 0 Å². The monoisotopic (exact) mass is 305 g/mol. The molecule has 1 aromatic rings. The lowest BCUT2D eigenvalue weighted by atomic mass is 9.82. The number of benzene rings is 1. The number of hydrogen-bond acceptors (Lipinski definition) is 1. The molecule has 3 rings (SSSR count). The Kier molecular flexibility index (Phi) is 4.91. The van der Waals surface area contributed by atoms with Crippen molar-refractivity contribution in [1.82, 2.24) is 5.32 Å². The van der Waals surface area contributed by atoms with E-state index in [-0.39, 0.29) is 0 Å². The predicted octanol–water partition coefficient (Wildman–Crippen LogP) is 5.52. The summed E-state index contributed by atoms with van der Waals surface area (Å²) < 4.78 is 0. The molecule has 2 heteroatoms. The lowest BCUT2D eigenvalue weighted by Crippen LogP contribution is -2.26. The molecule has 116 valence electrons. The molecule has 0 heterocycles. The number of aryl methyl sites for hydroxylation is 1. The maximum Gasteiger partial charge on any atom is 0.0411 e. The smallest absolute Gasteiger partial charge is 0.0411 e. The summed E-state index contributed by atoms with van der Waals surface area (Å²) in [4.78, 5) is 0. The number of rotatable bonds is 6. The van der Waals surface area contributed by atoms with Crippen LogP contribution in [0.4, 0.5) is 0 Å². The van der Waals surface area contributed by atoms with Gasteiger partial charge in [-0.3, -0.25) is 0 Å². The fourth-order valence-electron chi connectivity index (χ4n) is 4.59. The van der Waals surface area contributed by atoms with E-state index in [1.54, 1.807) is 0 Å². The molecule has 21 heavy (non-hydrogen) atoms. The molecule has 1 N–H and O–H groups in total. The summed E-state index contributed by atoms with van der Waals surface area (Å²) in [6.45, 7) is 5.48.